The third-order valence-electron chi connectivity index (χ3n) is 3.72. The van der Waals surface area contributed by atoms with Gasteiger partial charge in [0.15, 0.2) is 0 Å². The lowest BCUT2D eigenvalue weighted by Gasteiger charge is -2.04. The Bertz CT molecular complexity index is 972. The number of nitrogens with one attached hydrogen (secondary N) is 1. The Morgan fingerprint density at radius 1 is 1.21 bits per heavy atom. The van der Waals surface area contributed by atoms with Crippen LogP contribution in [0.3, 0.4) is 0 Å². The van der Waals surface area contributed by atoms with Crippen molar-refractivity contribution in [2.75, 3.05) is 5.32 Å². The number of amides is 1. The molecule has 0 bridgehead atoms. The Kier molecular flexibility index (Phi) is 6.39. The highest BCUT2D eigenvalue weighted by molar-refractivity contribution is 6.31. The summed E-state index contributed by atoms with van der Waals surface area (Å²) in [4.78, 5) is 12.0. The minimum Gasteiger partial charge on any atom is -0.435 e. The van der Waals surface area contributed by atoms with Gasteiger partial charge in [-0.1, -0.05) is 41.9 Å². The van der Waals surface area contributed by atoms with E-state index >= 15 is 0 Å². The molecular weight excluding hydrogens is 388 g/mol. The van der Waals surface area contributed by atoms with Crippen molar-refractivity contribution in [3.05, 3.63) is 83.2 Å². The van der Waals surface area contributed by atoms with Gasteiger partial charge in [0.1, 0.15) is 5.75 Å². The van der Waals surface area contributed by atoms with E-state index in [0.29, 0.717) is 22.8 Å². The number of hydrogen-bond acceptors (Lipinski definition) is 3. The predicted octanol–water partition coefficient (Wildman–Crippen LogP) is 4.84. The fourth-order valence-electron chi connectivity index (χ4n) is 2.43. The summed E-state index contributed by atoms with van der Waals surface area (Å²) in [5.41, 5.74) is 2.14. The summed E-state index contributed by atoms with van der Waals surface area (Å²) in [6.07, 6.45) is 6.15. The first-order valence-electron chi connectivity index (χ1n) is 8.29. The van der Waals surface area contributed by atoms with Gasteiger partial charge in [-0.25, -0.2) is 0 Å². The minimum atomic E-state index is -2.87. The van der Waals surface area contributed by atoms with Crippen LogP contribution in [0.25, 0.3) is 6.08 Å². The van der Waals surface area contributed by atoms with E-state index in [9.17, 15) is 13.6 Å². The van der Waals surface area contributed by atoms with Crippen molar-refractivity contribution < 1.29 is 18.3 Å². The van der Waals surface area contributed by atoms with Crippen molar-refractivity contribution in [3.63, 3.8) is 0 Å². The van der Waals surface area contributed by atoms with E-state index in [1.807, 2.05) is 18.2 Å². The molecule has 1 heterocycles. The molecule has 0 spiro atoms. The van der Waals surface area contributed by atoms with Crippen LogP contribution in [0.4, 0.5) is 14.5 Å². The highest BCUT2D eigenvalue weighted by Crippen LogP contribution is 2.17. The number of halogens is 3. The first-order valence-corrected chi connectivity index (χ1v) is 8.67. The molecule has 0 aliphatic rings. The maximum atomic E-state index is 12.1. The molecule has 0 aliphatic carbocycles. The SMILES string of the molecule is O=C(/C=C\c1ccc(OC(F)F)cc1)Nc1cnn(Cc2ccccc2Cl)c1. The smallest absolute Gasteiger partial charge is 0.387 e. The minimum absolute atomic E-state index is 0.0579. The van der Waals surface area contributed by atoms with Crippen LogP contribution in [0.15, 0.2) is 67.0 Å². The molecule has 0 saturated heterocycles. The lowest BCUT2D eigenvalue weighted by Crippen LogP contribution is -2.07. The second-order valence-corrected chi connectivity index (χ2v) is 6.20. The molecule has 0 unspecified atom stereocenters. The van der Waals surface area contributed by atoms with Crippen LogP contribution in [0.1, 0.15) is 11.1 Å². The van der Waals surface area contributed by atoms with E-state index in [2.05, 4.69) is 15.2 Å². The lowest BCUT2D eigenvalue weighted by atomic mass is 10.2. The van der Waals surface area contributed by atoms with Crippen LogP contribution in [0.2, 0.25) is 5.02 Å². The molecule has 1 amide bonds. The highest BCUT2D eigenvalue weighted by Gasteiger charge is 2.05. The zero-order valence-corrected chi connectivity index (χ0v) is 15.3. The largest absolute Gasteiger partial charge is 0.435 e. The molecule has 2 aromatic carbocycles. The molecule has 5 nitrogen and oxygen atoms in total. The van der Waals surface area contributed by atoms with Crippen molar-refractivity contribution in [1.82, 2.24) is 9.78 Å². The number of ether oxygens (including phenoxy) is 1. The fourth-order valence-corrected chi connectivity index (χ4v) is 2.63. The van der Waals surface area contributed by atoms with E-state index in [0.717, 1.165) is 5.56 Å². The molecule has 0 saturated carbocycles. The Morgan fingerprint density at radius 3 is 2.68 bits per heavy atom. The topological polar surface area (TPSA) is 56.1 Å². The van der Waals surface area contributed by atoms with Crippen molar-refractivity contribution in [2.45, 2.75) is 13.2 Å². The van der Waals surface area contributed by atoms with Crippen LogP contribution in [0.5, 0.6) is 5.75 Å². The van der Waals surface area contributed by atoms with Crippen LogP contribution < -0.4 is 10.1 Å². The first kappa shape index (κ1) is 19.6. The molecule has 144 valence electrons. The lowest BCUT2D eigenvalue weighted by molar-refractivity contribution is -0.111. The molecule has 0 atom stereocenters. The summed E-state index contributed by atoms with van der Waals surface area (Å²) in [7, 11) is 0. The molecule has 3 aromatic rings. The summed E-state index contributed by atoms with van der Waals surface area (Å²) in [5.74, 6) is -0.285. The number of hydrogen-bond donors (Lipinski definition) is 1. The normalized spacial score (nSPS) is 11.1. The van der Waals surface area contributed by atoms with Gasteiger partial charge in [-0.05, 0) is 35.4 Å². The molecule has 3 rings (SSSR count). The van der Waals surface area contributed by atoms with Gasteiger partial charge in [0.2, 0.25) is 5.91 Å². The van der Waals surface area contributed by atoms with Crippen molar-refractivity contribution in [2.24, 2.45) is 0 Å². The summed E-state index contributed by atoms with van der Waals surface area (Å²) < 4.78 is 30.2. The molecular formula is C20H16ClF2N3O2. The molecule has 1 aromatic heterocycles. The zero-order chi connectivity index (χ0) is 19.9. The van der Waals surface area contributed by atoms with E-state index < -0.39 is 6.61 Å². The van der Waals surface area contributed by atoms with E-state index in [1.54, 1.807) is 41.4 Å². The van der Waals surface area contributed by atoms with Crippen LogP contribution in [0, 0.1) is 0 Å². The third-order valence-corrected chi connectivity index (χ3v) is 4.09. The second-order valence-electron chi connectivity index (χ2n) is 5.79. The van der Waals surface area contributed by atoms with Crippen molar-refractivity contribution >= 4 is 29.3 Å². The molecule has 1 N–H and O–H groups in total. The van der Waals surface area contributed by atoms with E-state index in [4.69, 9.17) is 11.6 Å². The number of nitrogens with zero attached hydrogens (tertiary/aromatic N) is 2. The van der Waals surface area contributed by atoms with Gasteiger partial charge in [0, 0.05) is 17.3 Å². The fraction of sp³-hybridized carbons (Fsp3) is 0.100. The maximum absolute atomic E-state index is 12.1. The Hall–Kier alpha value is -3.19. The quantitative estimate of drug-likeness (QED) is 0.574. The Balaban J connectivity index is 1.55. The van der Waals surface area contributed by atoms with Gasteiger partial charge in [0.05, 0.1) is 18.4 Å². The van der Waals surface area contributed by atoms with Crippen molar-refractivity contribution in [1.29, 1.82) is 0 Å². The van der Waals surface area contributed by atoms with Gasteiger partial charge in [-0.2, -0.15) is 13.9 Å². The number of aromatic nitrogens is 2. The number of benzene rings is 2. The van der Waals surface area contributed by atoms with Gasteiger partial charge < -0.3 is 10.1 Å². The Morgan fingerprint density at radius 2 is 1.96 bits per heavy atom. The van der Waals surface area contributed by atoms with Crippen LogP contribution >= 0.6 is 11.6 Å². The highest BCUT2D eigenvalue weighted by atomic mass is 35.5. The predicted molar refractivity (Wildman–Crippen MR) is 104 cm³/mol. The molecule has 0 aliphatic heterocycles. The van der Waals surface area contributed by atoms with Crippen LogP contribution in [-0.4, -0.2) is 22.3 Å². The Labute approximate surface area is 165 Å². The summed E-state index contributed by atoms with van der Waals surface area (Å²) in [6, 6.07) is 13.4. The van der Waals surface area contributed by atoms with Gasteiger partial charge in [0.25, 0.3) is 0 Å². The van der Waals surface area contributed by atoms with Gasteiger partial charge >= 0.3 is 6.61 Å². The number of alkyl halides is 2. The van der Waals surface area contributed by atoms with E-state index in [-0.39, 0.29) is 11.7 Å². The number of rotatable bonds is 7. The molecule has 0 radical (unpaired) electrons. The number of anilines is 1. The zero-order valence-electron chi connectivity index (χ0n) is 14.6. The number of carbonyl (C=O) groups is 1. The summed E-state index contributed by atoms with van der Waals surface area (Å²) in [6.45, 7) is -2.38. The van der Waals surface area contributed by atoms with Gasteiger partial charge in [-0.3, -0.25) is 9.48 Å². The van der Waals surface area contributed by atoms with Gasteiger partial charge in [-0.15, -0.1) is 0 Å². The third kappa shape index (κ3) is 5.65. The van der Waals surface area contributed by atoms with E-state index in [1.165, 1.54) is 18.2 Å². The molecule has 28 heavy (non-hydrogen) atoms. The van der Waals surface area contributed by atoms with Crippen LogP contribution in [-0.2, 0) is 11.3 Å². The molecule has 8 heteroatoms. The first-order chi connectivity index (χ1) is 13.5. The maximum Gasteiger partial charge on any atom is 0.387 e. The standard InChI is InChI=1S/C20H16ClF2N3O2/c21-18-4-2-1-3-15(18)12-26-13-16(11-24-26)25-19(27)10-7-14-5-8-17(9-6-14)28-20(22)23/h1-11,13,20H,12H2,(H,25,27)/b10-7-. The average Bonchev–Trinajstić information content (AvgIpc) is 3.09. The second kappa shape index (κ2) is 9.14. The number of carbonyl (C=O) groups excluding carboxylic acids is 1. The monoisotopic (exact) mass is 403 g/mol. The molecule has 0 fully saturated rings. The average molecular weight is 404 g/mol. The summed E-state index contributed by atoms with van der Waals surface area (Å²) in [5, 5.41) is 7.56. The summed E-state index contributed by atoms with van der Waals surface area (Å²) >= 11 is 6.13. The van der Waals surface area contributed by atoms with Crippen molar-refractivity contribution in [3.8, 4) is 5.75 Å².